The molecule has 158 valence electrons. The lowest BCUT2D eigenvalue weighted by Gasteiger charge is -2.11. The van der Waals surface area contributed by atoms with E-state index in [1.807, 2.05) is 60.8 Å². The highest BCUT2D eigenvalue weighted by Gasteiger charge is 2.10. The molecule has 0 saturated heterocycles. The Morgan fingerprint density at radius 3 is 2.61 bits per heavy atom. The second kappa shape index (κ2) is 9.49. The lowest BCUT2D eigenvalue weighted by Crippen LogP contribution is -2.34. The average Bonchev–Trinajstić information content (AvgIpc) is 3.19. The van der Waals surface area contributed by atoms with Crippen LogP contribution in [0.25, 0.3) is 10.9 Å². The first-order valence-corrected chi connectivity index (χ1v) is 10.3. The van der Waals surface area contributed by atoms with Gasteiger partial charge in [0.2, 0.25) is 5.91 Å². The third-order valence-corrected chi connectivity index (χ3v) is 5.09. The number of hydrogen-bond donors (Lipinski definition) is 2. The predicted molar refractivity (Wildman–Crippen MR) is 122 cm³/mol. The number of aromatic nitrogens is 3. The summed E-state index contributed by atoms with van der Waals surface area (Å²) in [5, 5.41) is 7.00. The van der Waals surface area contributed by atoms with Crippen molar-refractivity contribution in [2.75, 3.05) is 18.4 Å². The van der Waals surface area contributed by atoms with Crippen LogP contribution in [0.3, 0.4) is 0 Å². The number of carbonyl (C=O) groups excluding carboxylic acids is 1. The molecule has 0 atom stereocenters. The van der Waals surface area contributed by atoms with Gasteiger partial charge >= 0.3 is 0 Å². The largest absolute Gasteiger partial charge is 0.356 e. The van der Waals surface area contributed by atoms with Crippen LogP contribution in [0.2, 0.25) is 5.15 Å². The zero-order valence-electron chi connectivity index (χ0n) is 16.8. The summed E-state index contributed by atoms with van der Waals surface area (Å²) in [6.45, 7) is 1.42. The van der Waals surface area contributed by atoms with E-state index in [4.69, 9.17) is 11.6 Å². The second-order valence-corrected chi connectivity index (χ2v) is 7.49. The standard InChI is InChI=1S/C23H22ClN5O2/c24-20-16-29(15-17-6-2-1-3-7-17)23(31)22(27-20)26-14-21(30)25-11-13-28-12-10-18-8-4-5-9-19(18)28/h1-10,12,16H,11,13-15H2,(H,25,30)(H,26,27). The van der Waals surface area contributed by atoms with Crippen LogP contribution in [0, 0.1) is 0 Å². The minimum atomic E-state index is -0.333. The molecule has 0 spiro atoms. The second-order valence-electron chi connectivity index (χ2n) is 7.10. The molecule has 0 saturated carbocycles. The number of carbonyl (C=O) groups is 1. The van der Waals surface area contributed by atoms with Gasteiger partial charge < -0.3 is 19.8 Å². The fraction of sp³-hybridized carbons (Fsp3) is 0.174. The highest BCUT2D eigenvalue weighted by molar-refractivity contribution is 6.29. The Labute approximate surface area is 184 Å². The molecule has 0 aliphatic heterocycles. The Morgan fingerprint density at radius 1 is 1.00 bits per heavy atom. The summed E-state index contributed by atoms with van der Waals surface area (Å²) in [4.78, 5) is 28.9. The first-order chi connectivity index (χ1) is 15.1. The van der Waals surface area contributed by atoms with Crippen molar-refractivity contribution < 1.29 is 4.79 Å². The molecule has 4 rings (SSSR count). The van der Waals surface area contributed by atoms with Gasteiger partial charge in [0.1, 0.15) is 5.15 Å². The van der Waals surface area contributed by atoms with Gasteiger partial charge in [-0.05, 0) is 23.1 Å². The van der Waals surface area contributed by atoms with E-state index in [2.05, 4.69) is 26.3 Å². The van der Waals surface area contributed by atoms with Gasteiger partial charge in [0.25, 0.3) is 5.56 Å². The topological polar surface area (TPSA) is 80.9 Å². The summed E-state index contributed by atoms with van der Waals surface area (Å²) in [5.74, 6) is -0.178. The fourth-order valence-corrected chi connectivity index (χ4v) is 3.60. The molecule has 0 aliphatic rings. The number of amides is 1. The van der Waals surface area contributed by atoms with E-state index in [9.17, 15) is 9.59 Å². The predicted octanol–water partition coefficient (Wildman–Crippen LogP) is 3.13. The van der Waals surface area contributed by atoms with Crippen LogP contribution < -0.4 is 16.2 Å². The molecule has 1 amide bonds. The van der Waals surface area contributed by atoms with Gasteiger partial charge in [-0.2, -0.15) is 0 Å². The molecule has 2 N–H and O–H groups in total. The van der Waals surface area contributed by atoms with E-state index in [-0.39, 0.29) is 29.0 Å². The zero-order valence-corrected chi connectivity index (χ0v) is 17.5. The normalized spacial score (nSPS) is 10.9. The smallest absolute Gasteiger partial charge is 0.293 e. The van der Waals surface area contributed by atoms with Crippen molar-refractivity contribution in [2.24, 2.45) is 0 Å². The molecule has 0 unspecified atom stereocenters. The maximum absolute atomic E-state index is 12.7. The van der Waals surface area contributed by atoms with Gasteiger partial charge in [0.05, 0.1) is 13.1 Å². The molecule has 0 bridgehead atoms. The van der Waals surface area contributed by atoms with Crippen LogP contribution >= 0.6 is 11.6 Å². The molecule has 2 heterocycles. The summed E-state index contributed by atoms with van der Waals surface area (Å²) in [6.07, 6.45) is 3.49. The minimum absolute atomic E-state index is 0.0509. The van der Waals surface area contributed by atoms with Crippen molar-refractivity contribution in [3.63, 3.8) is 0 Å². The van der Waals surface area contributed by atoms with E-state index in [1.165, 1.54) is 10.8 Å². The molecule has 2 aromatic carbocycles. The molecule has 0 radical (unpaired) electrons. The average molecular weight is 436 g/mol. The molecular formula is C23H22ClN5O2. The Balaban J connectivity index is 1.33. The Morgan fingerprint density at radius 2 is 1.77 bits per heavy atom. The summed E-state index contributed by atoms with van der Waals surface area (Å²) in [6, 6.07) is 19.7. The van der Waals surface area contributed by atoms with Gasteiger partial charge in [0, 0.05) is 31.0 Å². The maximum Gasteiger partial charge on any atom is 0.293 e. The maximum atomic E-state index is 12.7. The lowest BCUT2D eigenvalue weighted by atomic mass is 10.2. The highest BCUT2D eigenvalue weighted by atomic mass is 35.5. The van der Waals surface area contributed by atoms with Crippen LogP contribution in [-0.2, 0) is 17.9 Å². The molecule has 4 aromatic rings. The van der Waals surface area contributed by atoms with Crippen LogP contribution in [-0.4, -0.2) is 33.1 Å². The van der Waals surface area contributed by atoms with Crippen molar-refractivity contribution in [2.45, 2.75) is 13.1 Å². The number of halogens is 1. The molecule has 0 fully saturated rings. The van der Waals surface area contributed by atoms with E-state index in [1.54, 1.807) is 0 Å². The molecule has 7 nitrogen and oxygen atoms in total. The molecular weight excluding hydrogens is 414 g/mol. The van der Waals surface area contributed by atoms with Gasteiger partial charge in [0.15, 0.2) is 5.82 Å². The van der Waals surface area contributed by atoms with E-state index in [0.717, 1.165) is 16.5 Å². The number of rotatable bonds is 8. The van der Waals surface area contributed by atoms with E-state index in [0.29, 0.717) is 19.6 Å². The molecule has 8 heteroatoms. The summed E-state index contributed by atoms with van der Waals surface area (Å²) < 4.78 is 3.56. The summed E-state index contributed by atoms with van der Waals surface area (Å²) >= 11 is 6.08. The van der Waals surface area contributed by atoms with E-state index < -0.39 is 0 Å². The SMILES string of the molecule is O=C(CNc1nc(Cl)cn(Cc2ccccc2)c1=O)NCCn1ccc2ccccc21. The highest BCUT2D eigenvalue weighted by Crippen LogP contribution is 2.14. The minimum Gasteiger partial charge on any atom is -0.356 e. The summed E-state index contributed by atoms with van der Waals surface area (Å²) in [7, 11) is 0. The quantitative estimate of drug-likeness (QED) is 0.445. The van der Waals surface area contributed by atoms with Crippen molar-refractivity contribution in [1.29, 1.82) is 0 Å². The van der Waals surface area contributed by atoms with E-state index >= 15 is 0 Å². The van der Waals surface area contributed by atoms with Crippen molar-refractivity contribution in [3.8, 4) is 0 Å². The third kappa shape index (κ3) is 5.13. The van der Waals surface area contributed by atoms with Crippen molar-refractivity contribution in [3.05, 3.63) is 94.1 Å². The van der Waals surface area contributed by atoms with Gasteiger partial charge in [-0.1, -0.05) is 60.1 Å². The van der Waals surface area contributed by atoms with Crippen LogP contribution in [0.15, 0.2) is 77.9 Å². The zero-order chi connectivity index (χ0) is 21.6. The lowest BCUT2D eigenvalue weighted by molar-refractivity contribution is -0.119. The fourth-order valence-electron chi connectivity index (χ4n) is 3.40. The van der Waals surface area contributed by atoms with Gasteiger partial charge in [-0.15, -0.1) is 0 Å². The van der Waals surface area contributed by atoms with Crippen LogP contribution in [0.1, 0.15) is 5.56 Å². The van der Waals surface area contributed by atoms with Crippen molar-refractivity contribution in [1.82, 2.24) is 19.4 Å². The number of para-hydroxylation sites is 1. The van der Waals surface area contributed by atoms with Crippen LogP contribution in [0.5, 0.6) is 0 Å². The molecule has 0 aliphatic carbocycles. The molecule has 2 aromatic heterocycles. The van der Waals surface area contributed by atoms with Crippen molar-refractivity contribution >= 4 is 34.2 Å². The number of benzene rings is 2. The third-order valence-electron chi connectivity index (χ3n) is 4.91. The molecule has 31 heavy (non-hydrogen) atoms. The number of nitrogens with one attached hydrogen (secondary N) is 2. The number of nitrogens with zero attached hydrogens (tertiary/aromatic N) is 3. The first kappa shape index (κ1) is 20.7. The number of fused-ring (bicyclic) bond motifs is 1. The Bertz CT molecular complexity index is 1250. The Kier molecular flexibility index (Phi) is 6.33. The summed E-state index contributed by atoms with van der Waals surface area (Å²) in [5.41, 5.74) is 1.75. The Hall–Kier alpha value is -3.58. The number of hydrogen-bond acceptors (Lipinski definition) is 4. The number of anilines is 1. The van der Waals surface area contributed by atoms with Crippen LogP contribution in [0.4, 0.5) is 5.82 Å². The van der Waals surface area contributed by atoms with Gasteiger partial charge in [-0.3, -0.25) is 9.59 Å². The first-order valence-electron chi connectivity index (χ1n) is 9.95. The monoisotopic (exact) mass is 435 g/mol. The van der Waals surface area contributed by atoms with Gasteiger partial charge in [-0.25, -0.2) is 4.98 Å².